The van der Waals surface area contributed by atoms with Crippen LogP contribution in [0.1, 0.15) is 17.3 Å². The number of para-hydroxylation sites is 2. The van der Waals surface area contributed by atoms with Crippen molar-refractivity contribution in [2.24, 2.45) is 0 Å². The van der Waals surface area contributed by atoms with E-state index in [-0.39, 0.29) is 11.4 Å². The van der Waals surface area contributed by atoms with Crippen molar-refractivity contribution in [2.45, 2.75) is 6.92 Å². The Bertz CT molecular complexity index is 593. The van der Waals surface area contributed by atoms with Crippen molar-refractivity contribution in [1.29, 1.82) is 0 Å². The maximum absolute atomic E-state index is 11.5. The van der Waals surface area contributed by atoms with E-state index in [2.05, 4.69) is 9.84 Å². The molecule has 0 saturated carbocycles. The molecule has 0 aliphatic heterocycles. The molecule has 0 amide bonds. The highest BCUT2D eigenvalue weighted by molar-refractivity contribution is 5.94. The number of nitrogens with two attached hydrogens (primary N) is 1. The summed E-state index contributed by atoms with van der Waals surface area (Å²) in [6.45, 7) is 2.42. The minimum Gasteiger partial charge on any atom is -0.492 e. The largest absolute Gasteiger partial charge is 0.492 e. The van der Waals surface area contributed by atoms with E-state index in [0.29, 0.717) is 18.0 Å². The van der Waals surface area contributed by atoms with Gasteiger partial charge in [0.05, 0.1) is 19.9 Å². The Balaban J connectivity index is 2.48. The van der Waals surface area contributed by atoms with Crippen LogP contribution in [0.3, 0.4) is 0 Å². The molecule has 0 fully saturated rings. The Morgan fingerprint density at radius 2 is 2.16 bits per heavy atom. The number of rotatable bonds is 4. The molecule has 1 aromatic carbocycles. The van der Waals surface area contributed by atoms with Crippen molar-refractivity contribution < 1.29 is 14.3 Å². The molecule has 0 saturated heterocycles. The van der Waals surface area contributed by atoms with Gasteiger partial charge in [-0.15, -0.1) is 0 Å². The lowest BCUT2D eigenvalue weighted by molar-refractivity contribution is 0.0602. The zero-order chi connectivity index (χ0) is 13.8. The maximum Gasteiger partial charge on any atom is 0.343 e. The molecule has 0 aliphatic carbocycles. The van der Waals surface area contributed by atoms with Crippen LogP contribution in [0.4, 0.5) is 5.82 Å². The van der Waals surface area contributed by atoms with Gasteiger partial charge in [0.2, 0.25) is 0 Å². The molecule has 0 radical (unpaired) electrons. The average Bonchev–Trinajstić information content (AvgIpc) is 2.81. The van der Waals surface area contributed by atoms with Gasteiger partial charge in [0.1, 0.15) is 22.8 Å². The molecular formula is C13H15N3O3. The number of hydrogen-bond donors (Lipinski definition) is 1. The fourth-order valence-electron chi connectivity index (χ4n) is 1.73. The zero-order valence-corrected chi connectivity index (χ0v) is 10.8. The van der Waals surface area contributed by atoms with E-state index < -0.39 is 5.97 Å². The number of nitrogens with zero attached hydrogens (tertiary/aromatic N) is 2. The minimum absolute atomic E-state index is 0.221. The Labute approximate surface area is 110 Å². The first-order valence-corrected chi connectivity index (χ1v) is 5.83. The van der Waals surface area contributed by atoms with Gasteiger partial charge in [0, 0.05) is 0 Å². The fourth-order valence-corrected chi connectivity index (χ4v) is 1.73. The third kappa shape index (κ3) is 2.37. The van der Waals surface area contributed by atoms with Crippen molar-refractivity contribution in [3.05, 3.63) is 36.0 Å². The summed E-state index contributed by atoms with van der Waals surface area (Å²) < 4.78 is 11.6. The normalized spacial score (nSPS) is 10.2. The van der Waals surface area contributed by atoms with Crippen molar-refractivity contribution >= 4 is 11.8 Å². The molecule has 0 aliphatic rings. The third-order valence-electron chi connectivity index (χ3n) is 2.61. The molecule has 19 heavy (non-hydrogen) atoms. The Hall–Kier alpha value is -2.50. The molecule has 2 aromatic rings. The number of methoxy groups -OCH3 is 1. The lowest BCUT2D eigenvalue weighted by Crippen LogP contribution is -2.08. The lowest BCUT2D eigenvalue weighted by Gasteiger charge is -2.11. The van der Waals surface area contributed by atoms with Crippen molar-refractivity contribution in [1.82, 2.24) is 9.78 Å². The fraction of sp³-hybridized carbons (Fsp3) is 0.231. The summed E-state index contributed by atoms with van der Waals surface area (Å²) in [6, 6.07) is 7.33. The van der Waals surface area contributed by atoms with Crippen LogP contribution >= 0.6 is 0 Å². The second-order valence-corrected chi connectivity index (χ2v) is 3.75. The average molecular weight is 261 g/mol. The first kappa shape index (κ1) is 12.9. The predicted octanol–water partition coefficient (Wildman–Crippen LogP) is 1.64. The molecule has 100 valence electrons. The summed E-state index contributed by atoms with van der Waals surface area (Å²) >= 11 is 0. The molecule has 0 unspecified atom stereocenters. The molecule has 6 heteroatoms. The summed E-state index contributed by atoms with van der Waals surface area (Å²) in [4.78, 5) is 11.5. The summed E-state index contributed by atoms with van der Waals surface area (Å²) in [6.07, 6.45) is 1.38. The molecule has 1 aromatic heterocycles. The predicted molar refractivity (Wildman–Crippen MR) is 70.5 cm³/mol. The van der Waals surface area contributed by atoms with Gasteiger partial charge in [-0.3, -0.25) is 0 Å². The number of esters is 1. The van der Waals surface area contributed by atoms with Crippen LogP contribution in [0.15, 0.2) is 30.5 Å². The first-order chi connectivity index (χ1) is 9.19. The third-order valence-corrected chi connectivity index (χ3v) is 2.61. The lowest BCUT2D eigenvalue weighted by atomic mass is 10.3. The quantitative estimate of drug-likeness (QED) is 0.846. The highest BCUT2D eigenvalue weighted by atomic mass is 16.5. The molecule has 1 heterocycles. The molecular weight excluding hydrogens is 246 g/mol. The Kier molecular flexibility index (Phi) is 3.70. The maximum atomic E-state index is 11.5. The van der Waals surface area contributed by atoms with Crippen molar-refractivity contribution in [2.75, 3.05) is 19.5 Å². The number of ether oxygens (including phenoxy) is 2. The van der Waals surface area contributed by atoms with Crippen LogP contribution in [0, 0.1) is 0 Å². The molecule has 6 nitrogen and oxygen atoms in total. The number of anilines is 1. The van der Waals surface area contributed by atoms with Gasteiger partial charge in [0.15, 0.2) is 0 Å². The standard InChI is InChI=1S/C13H15N3O3/c1-3-19-11-7-5-4-6-10(11)16-12(14)9(8-15-16)13(17)18-2/h4-8H,3,14H2,1-2H3. The SMILES string of the molecule is CCOc1ccccc1-n1ncc(C(=O)OC)c1N. The van der Waals surface area contributed by atoms with Crippen LogP contribution in [-0.2, 0) is 4.74 Å². The number of aromatic nitrogens is 2. The topological polar surface area (TPSA) is 79.4 Å². The van der Waals surface area contributed by atoms with Gasteiger partial charge < -0.3 is 15.2 Å². The van der Waals surface area contributed by atoms with Gasteiger partial charge in [-0.2, -0.15) is 5.10 Å². The molecule has 0 spiro atoms. The summed E-state index contributed by atoms with van der Waals surface area (Å²) in [5.41, 5.74) is 6.83. The Morgan fingerprint density at radius 1 is 1.42 bits per heavy atom. The van der Waals surface area contributed by atoms with Crippen LogP contribution in [-0.4, -0.2) is 29.5 Å². The van der Waals surface area contributed by atoms with E-state index in [9.17, 15) is 4.79 Å². The molecule has 0 bridgehead atoms. The van der Waals surface area contributed by atoms with Crippen molar-refractivity contribution in [3.63, 3.8) is 0 Å². The summed E-state index contributed by atoms with van der Waals surface area (Å²) in [5.74, 6) is 0.354. The second kappa shape index (κ2) is 5.43. The number of hydrogen-bond acceptors (Lipinski definition) is 5. The van der Waals surface area contributed by atoms with Crippen LogP contribution < -0.4 is 10.5 Å². The number of carbonyl (C=O) groups is 1. The molecule has 2 rings (SSSR count). The van der Waals surface area contributed by atoms with Gasteiger partial charge in [-0.25, -0.2) is 9.48 Å². The number of nitrogen functional groups attached to an aromatic ring is 1. The van der Waals surface area contributed by atoms with E-state index in [1.54, 1.807) is 0 Å². The summed E-state index contributed by atoms with van der Waals surface area (Å²) in [5, 5.41) is 4.11. The zero-order valence-electron chi connectivity index (χ0n) is 10.8. The highest BCUT2D eigenvalue weighted by Gasteiger charge is 2.18. The van der Waals surface area contributed by atoms with Crippen LogP contribution in [0.25, 0.3) is 5.69 Å². The van der Waals surface area contributed by atoms with Gasteiger partial charge in [-0.1, -0.05) is 12.1 Å². The monoisotopic (exact) mass is 261 g/mol. The van der Waals surface area contributed by atoms with Crippen molar-refractivity contribution in [3.8, 4) is 11.4 Å². The second-order valence-electron chi connectivity index (χ2n) is 3.75. The van der Waals surface area contributed by atoms with E-state index in [1.165, 1.54) is 18.0 Å². The van der Waals surface area contributed by atoms with E-state index >= 15 is 0 Å². The van der Waals surface area contributed by atoms with Gasteiger partial charge in [-0.05, 0) is 19.1 Å². The van der Waals surface area contributed by atoms with E-state index in [0.717, 1.165) is 0 Å². The van der Waals surface area contributed by atoms with Gasteiger partial charge >= 0.3 is 5.97 Å². The van der Waals surface area contributed by atoms with Gasteiger partial charge in [0.25, 0.3) is 0 Å². The highest BCUT2D eigenvalue weighted by Crippen LogP contribution is 2.26. The molecule has 2 N–H and O–H groups in total. The number of carbonyl (C=O) groups excluding carboxylic acids is 1. The number of benzene rings is 1. The van der Waals surface area contributed by atoms with Crippen LogP contribution in [0.2, 0.25) is 0 Å². The van der Waals surface area contributed by atoms with E-state index in [4.69, 9.17) is 10.5 Å². The smallest absolute Gasteiger partial charge is 0.343 e. The molecule has 0 atom stereocenters. The van der Waals surface area contributed by atoms with E-state index in [1.807, 2.05) is 31.2 Å². The Morgan fingerprint density at radius 3 is 2.84 bits per heavy atom. The minimum atomic E-state index is -0.516. The summed E-state index contributed by atoms with van der Waals surface area (Å²) in [7, 11) is 1.30. The first-order valence-electron chi connectivity index (χ1n) is 5.83. The van der Waals surface area contributed by atoms with Crippen LogP contribution in [0.5, 0.6) is 5.75 Å².